The van der Waals surface area contributed by atoms with Gasteiger partial charge in [-0.3, -0.25) is 10.2 Å². The number of rotatable bonds is 13. The van der Waals surface area contributed by atoms with Crippen LogP contribution in [-0.2, 0) is 24.1 Å². The lowest BCUT2D eigenvalue weighted by Crippen LogP contribution is -2.65. The fourth-order valence-corrected chi connectivity index (χ4v) is 9.13. The maximum atomic E-state index is 14.0. The summed E-state index contributed by atoms with van der Waals surface area (Å²) in [4.78, 5) is 24.7. The number of guanidine groups is 1. The van der Waals surface area contributed by atoms with Crippen molar-refractivity contribution in [3.05, 3.63) is 52.6 Å². The molecule has 1 saturated heterocycles. The van der Waals surface area contributed by atoms with Gasteiger partial charge in [-0.15, -0.1) is 0 Å². The molecule has 2 aromatic carbocycles. The normalized spacial score (nSPS) is 26.1. The number of carbonyl (C=O) groups is 1. The van der Waals surface area contributed by atoms with Crippen LogP contribution < -0.4 is 20.8 Å². The van der Waals surface area contributed by atoms with Gasteiger partial charge in [0.2, 0.25) is 15.9 Å². The molecule has 1 amide bonds. The summed E-state index contributed by atoms with van der Waals surface area (Å²) < 4.78 is 43.4. The van der Waals surface area contributed by atoms with Crippen molar-refractivity contribution in [3.8, 4) is 0 Å². The number of nitrogens with zero attached hydrogens (tertiary/aromatic N) is 1. The van der Waals surface area contributed by atoms with Gasteiger partial charge < -0.3 is 19.9 Å². The summed E-state index contributed by atoms with van der Waals surface area (Å²) >= 11 is 0. The third kappa shape index (κ3) is 6.87. The van der Waals surface area contributed by atoms with Crippen molar-refractivity contribution in [1.29, 1.82) is 5.41 Å². The summed E-state index contributed by atoms with van der Waals surface area (Å²) in [5.41, 5.74) is 1.41. The first-order valence-electron chi connectivity index (χ1n) is 16.0. The highest BCUT2D eigenvalue weighted by Crippen LogP contribution is 2.65. The predicted octanol–water partition coefficient (Wildman–Crippen LogP) is 3.37. The van der Waals surface area contributed by atoms with E-state index in [9.17, 15) is 23.3 Å². The van der Waals surface area contributed by atoms with Gasteiger partial charge in [0.1, 0.15) is 6.04 Å². The van der Waals surface area contributed by atoms with Crippen LogP contribution in [0.4, 0.5) is 0 Å². The second kappa shape index (κ2) is 13.1. The number of hydrogen-bond acceptors (Lipinski definition) is 8. The van der Waals surface area contributed by atoms with Crippen LogP contribution in [0.25, 0.3) is 10.8 Å². The van der Waals surface area contributed by atoms with E-state index in [0.29, 0.717) is 23.6 Å². The quantitative estimate of drug-likeness (QED) is 0.0539. The lowest BCUT2D eigenvalue weighted by atomic mass is 9.43. The van der Waals surface area contributed by atoms with Crippen LogP contribution in [0.15, 0.2) is 47.4 Å². The van der Waals surface area contributed by atoms with E-state index in [-0.39, 0.29) is 41.7 Å². The zero-order valence-corrected chi connectivity index (χ0v) is 27.9. The van der Waals surface area contributed by atoms with Gasteiger partial charge >= 0.3 is 7.12 Å². The Hall–Kier alpha value is -3.27. The van der Waals surface area contributed by atoms with E-state index in [1.54, 1.807) is 23.6 Å². The number of hydrogen-bond donors (Lipinski definition) is 5. The summed E-state index contributed by atoms with van der Waals surface area (Å²) in [5.74, 6) is -0.445. The van der Waals surface area contributed by atoms with Crippen LogP contribution >= 0.6 is 0 Å². The smallest absolute Gasteiger partial charge is 0.404 e. The minimum Gasteiger partial charge on any atom is -0.404 e. The molecule has 1 aliphatic heterocycles. The summed E-state index contributed by atoms with van der Waals surface area (Å²) in [6.07, 6.45) is 2.79. The van der Waals surface area contributed by atoms with Crippen LogP contribution in [0.1, 0.15) is 66.7 Å². The van der Waals surface area contributed by atoms with Crippen LogP contribution in [0.3, 0.4) is 0 Å². The van der Waals surface area contributed by atoms with Crippen molar-refractivity contribution in [1.82, 2.24) is 20.8 Å². The Morgan fingerprint density at radius 1 is 1.15 bits per heavy atom. The first-order chi connectivity index (χ1) is 21.6. The number of amides is 1. The lowest BCUT2D eigenvalue weighted by molar-refractivity contribution is -0.525. The second-order valence-corrected chi connectivity index (χ2v) is 15.7. The molecule has 0 unspecified atom stereocenters. The predicted molar refractivity (Wildman–Crippen MR) is 175 cm³/mol. The summed E-state index contributed by atoms with van der Waals surface area (Å²) in [7, 11) is -4.84. The molecule has 4 fully saturated rings. The first kappa shape index (κ1) is 34.1. The average Bonchev–Trinajstić information content (AvgIpc) is 3.34. The zero-order chi connectivity index (χ0) is 33.4. The van der Waals surface area contributed by atoms with Gasteiger partial charge in [0, 0.05) is 11.9 Å². The van der Waals surface area contributed by atoms with Crippen molar-refractivity contribution in [2.75, 3.05) is 6.54 Å². The molecule has 6 rings (SSSR count). The minimum absolute atomic E-state index is 0.0540. The molecule has 2 aromatic rings. The largest absolute Gasteiger partial charge is 0.481 e. The van der Waals surface area contributed by atoms with Crippen LogP contribution in [0, 0.1) is 38.7 Å². The van der Waals surface area contributed by atoms with Gasteiger partial charge in [-0.25, -0.2) is 18.5 Å². The molecule has 3 aliphatic carbocycles. The molecular weight excluding hydrogens is 611 g/mol. The van der Waals surface area contributed by atoms with Gasteiger partial charge in [-0.1, -0.05) is 69.5 Å². The highest BCUT2D eigenvalue weighted by Gasteiger charge is 2.68. The van der Waals surface area contributed by atoms with E-state index >= 15 is 0 Å². The fraction of sp³-hybridized carbons (Fsp3) is 0.613. The highest BCUT2D eigenvalue weighted by molar-refractivity contribution is 7.89. The Morgan fingerprint density at radius 2 is 1.87 bits per heavy atom. The molecule has 3 saturated carbocycles. The van der Waals surface area contributed by atoms with Crippen molar-refractivity contribution >= 4 is 39.8 Å². The molecule has 0 aromatic heterocycles. The molecule has 250 valence electrons. The van der Waals surface area contributed by atoms with Crippen LogP contribution in [-0.4, -0.2) is 62.7 Å². The van der Waals surface area contributed by atoms with Gasteiger partial charge in [0.25, 0.3) is 5.96 Å². The number of sulfonamides is 1. The van der Waals surface area contributed by atoms with Gasteiger partial charge in [0.05, 0.1) is 22.5 Å². The van der Waals surface area contributed by atoms with Crippen molar-refractivity contribution in [2.45, 2.75) is 95.3 Å². The Morgan fingerprint density at radius 3 is 2.57 bits per heavy atom. The Balaban J connectivity index is 1.35. The van der Waals surface area contributed by atoms with Crippen LogP contribution in [0.5, 0.6) is 0 Å². The SMILES string of the molecule is CC(C)C[C@H](NC(=O)[C@H](CCCNC(=N)N[N+](=O)[O-])NS(=O)(=O)c1cccc2ccccc12)B1O[C@@H]2C[C@@H]3C[C@@H](C3(C)C)[C@]2(C)O1. The Bertz CT molecular complexity index is 1580. The molecule has 46 heavy (non-hydrogen) atoms. The Labute approximate surface area is 270 Å². The van der Waals surface area contributed by atoms with Gasteiger partial charge in [-0.2, -0.15) is 4.72 Å². The molecule has 5 N–H and O–H groups in total. The zero-order valence-electron chi connectivity index (χ0n) is 27.0. The maximum Gasteiger partial charge on any atom is 0.481 e. The lowest BCUT2D eigenvalue weighted by Gasteiger charge is -2.64. The van der Waals surface area contributed by atoms with Crippen LogP contribution in [0.2, 0.25) is 0 Å². The van der Waals surface area contributed by atoms with E-state index in [4.69, 9.17) is 14.7 Å². The van der Waals surface area contributed by atoms with E-state index in [1.165, 1.54) is 6.07 Å². The third-order valence-corrected chi connectivity index (χ3v) is 11.7. The standard InChI is InChI=1S/C31H45BN6O7S/c1-19(2)16-27(32-44-26-18-21-17-25(30(21,3)4)31(26,5)45-32)35-28(39)23(13-9-15-34-29(33)36-38(40)41)37-46(42,43)24-14-8-11-20-10-6-7-12-22(20)24/h6-8,10-12,14,19,21,23,25-27,37H,9,13,15-18H2,1-5H3,(H,35,39)(H3,33,34,36)/t21-,23-,25-,26+,27-,31-/m0/s1. The fourth-order valence-electron chi connectivity index (χ4n) is 7.68. The number of benzene rings is 2. The van der Waals surface area contributed by atoms with E-state index < -0.39 is 51.6 Å². The highest BCUT2D eigenvalue weighted by atomic mass is 32.2. The molecular formula is C31H45BN6O7S. The number of nitro groups is 1. The van der Waals surface area contributed by atoms with Crippen molar-refractivity contribution in [3.63, 3.8) is 0 Å². The van der Waals surface area contributed by atoms with E-state index in [0.717, 1.165) is 18.2 Å². The molecule has 6 atom stereocenters. The summed E-state index contributed by atoms with van der Waals surface area (Å²) in [6.45, 7) is 10.9. The molecule has 15 heteroatoms. The van der Waals surface area contributed by atoms with Gasteiger partial charge in [0.15, 0.2) is 5.03 Å². The van der Waals surface area contributed by atoms with Gasteiger partial charge in [-0.05, 0) is 73.6 Å². The summed E-state index contributed by atoms with van der Waals surface area (Å²) in [5, 5.41) is 24.3. The minimum atomic E-state index is -4.16. The number of carbonyl (C=O) groups excluding carboxylic acids is 1. The number of hydrazine groups is 1. The first-order valence-corrected chi connectivity index (χ1v) is 17.5. The molecule has 0 spiro atoms. The average molecular weight is 657 g/mol. The molecule has 1 heterocycles. The maximum absolute atomic E-state index is 14.0. The van der Waals surface area contributed by atoms with E-state index in [2.05, 4.69) is 36.1 Å². The molecule has 2 bridgehead atoms. The summed E-state index contributed by atoms with van der Waals surface area (Å²) in [6, 6.07) is 10.9. The monoisotopic (exact) mass is 656 g/mol. The number of nitrogens with one attached hydrogen (secondary N) is 5. The number of fused-ring (bicyclic) bond motifs is 1. The third-order valence-electron chi connectivity index (χ3n) is 10.2. The molecule has 13 nitrogen and oxygen atoms in total. The molecule has 4 aliphatic rings. The Kier molecular flexibility index (Phi) is 9.70. The van der Waals surface area contributed by atoms with Crippen molar-refractivity contribution in [2.24, 2.45) is 23.2 Å². The molecule has 0 radical (unpaired) electrons. The van der Waals surface area contributed by atoms with Crippen molar-refractivity contribution < 1.29 is 27.6 Å². The van der Waals surface area contributed by atoms with E-state index in [1.807, 2.05) is 32.0 Å². The topological polar surface area (TPSA) is 185 Å². The second-order valence-electron chi connectivity index (χ2n) is 14.0.